The molecule has 0 saturated carbocycles. The van der Waals surface area contributed by atoms with Crippen molar-refractivity contribution in [2.75, 3.05) is 5.32 Å². The lowest BCUT2D eigenvalue weighted by Gasteiger charge is -2.06. The number of aromatic nitrogens is 4. The lowest BCUT2D eigenvalue weighted by atomic mass is 10.1. The van der Waals surface area contributed by atoms with Crippen molar-refractivity contribution in [3.8, 4) is 5.75 Å². The molecule has 188 valence electrons. The number of primary sulfonamides is 1. The fourth-order valence-electron chi connectivity index (χ4n) is 3.13. The first-order valence-electron chi connectivity index (χ1n) is 10.5. The van der Waals surface area contributed by atoms with Crippen LogP contribution in [0.5, 0.6) is 5.75 Å². The number of aryl methyl sites for hydroxylation is 1. The maximum absolute atomic E-state index is 12.3. The zero-order valence-electron chi connectivity index (χ0n) is 19.1. The van der Waals surface area contributed by atoms with Gasteiger partial charge in [0.05, 0.1) is 16.4 Å². The highest BCUT2D eigenvalue weighted by molar-refractivity contribution is 7.91. The third kappa shape index (κ3) is 7.52. The summed E-state index contributed by atoms with van der Waals surface area (Å²) < 4.78 is 30.6. The molecule has 0 unspecified atom stereocenters. The number of nitrogens with one attached hydrogen (secondary N) is 1. The van der Waals surface area contributed by atoms with Gasteiger partial charge in [0.25, 0.3) is 10.0 Å². The fraction of sp³-hybridized carbons (Fsp3) is 0.227. The predicted molar refractivity (Wildman–Crippen MR) is 129 cm³/mol. The van der Waals surface area contributed by atoms with Crippen LogP contribution in [0.1, 0.15) is 24.6 Å². The van der Waals surface area contributed by atoms with Crippen LogP contribution in [0.25, 0.3) is 10.2 Å². The Labute approximate surface area is 210 Å². The molecule has 2 aromatic carbocycles. The van der Waals surface area contributed by atoms with Crippen LogP contribution < -0.4 is 15.2 Å². The standard InChI is InChI=1S/C21H22N6O4S2.CO2/c1-2-3-14-4-6-15(7-5-14)23-20(28)12-27-11-16(25-26-27)13-31-17-8-9-18-19(10-17)32-21(24-18)33(22,29)30;2-1-3/h4-11H,2-3,12-13H2,1H3,(H,23,28)(H2,22,29,30);. The third-order valence-electron chi connectivity index (χ3n) is 4.64. The molecule has 0 saturated heterocycles. The van der Waals surface area contributed by atoms with Crippen molar-refractivity contribution in [2.24, 2.45) is 5.14 Å². The molecule has 0 aliphatic heterocycles. The second-order valence-corrected chi connectivity index (χ2v) is 10.2. The van der Waals surface area contributed by atoms with Crippen LogP contribution in [0.4, 0.5) is 5.69 Å². The summed E-state index contributed by atoms with van der Waals surface area (Å²) in [7, 11) is -3.85. The molecule has 0 fully saturated rings. The Bertz CT molecular complexity index is 1470. The van der Waals surface area contributed by atoms with Gasteiger partial charge in [-0.15, -0.1) is 16.4 Å². The minimum absolute atomic E-state index is 0.0207. The van der Waals surface area contributed by atoms with Gasteiger partial charge in [-0.2, -0.15) is 9.59 Å². The number of nitrogens with zero attached hydrogens (tertiary/aromatic N) is 4. The van der Waals surface area contributed by atoms with Crippen LogP contribution in [0.15, 0.2) is 53.0 Å². The molecule has 12 nitrogen and oxygen atoms in total. The number of hydrogen-bond donors (Lipinski definition) is 2. The van der Waals surface area contributed by atoms with Crippen molar-refractivity contribution in [3.05, 3.63) is 59.9 Å². The highest BCUT2D eigenvalue weighted by atomic mass is 32.2. The molecule has 0 aliphatic carbocycles. The number of thiazole rings is 1. The molecule has 2 aromatic heterocycles. The lowest BCUT2D eigenvalue weighted by Crippen LogP contribution is -2.19. The number of benzene rings is 2. The molecule has 0 atom stereocenters. The number of carbonyl (C=O) groups is 1. The monoisotopic (exact) mass is 530 g/mol. The first-order valence-corrected chi connectivity index (χ1v) is 12.9. The Kier molecular flexibility index (Phi) is 8.97. The largest absolute Gasteiger partial charge is 0.487 e. The molecule has 0 aliphatic rings. The number of rotatable bonds is 9. The quantitative estimate of drug-likeness (QED) is 0.328. The molecule has 2 heterocycles. The molecule has 0 bridgehead atoms. The number of ether oxygens (including phenoxy) is 1. The Hall–Kier alpha value is -3.97. The van der Waals surface area contributed by atoms with E-state index < -0.39 is 10.0 Å². The van der Waals surface area contributed by atoms with Crippen molar-refractivity contribution in [1.82, 2.24) is 20.0 Å². The number of anilines is 1. The van der Waals surface area contributed by atoms with E-state index in [9.17, 15) is 13.2 Å². The van der Waals surface area contributed by atoms with E-state index in [1.165, 1.54) is 10.2 Å². The Balaban J connectivity index is 0.00000115. The molecule has 0 spiro atoms. The summed E-state index contributed by atoms with van der Waals surface area (Å²) in [5.74, 6) is 0.308. The van der Waals surface area contributed by atoms with Gasteiger partial charge in [-0.3, -0.25) is 4.79 Å². The Morgan fingerprint density at radius 1 is 1.19 bits per heavy atom. The maximum atomic E-state index is 12.3. The molecular formula is C22H22N6O6S2. The van der Waals surface area contributed by atoms with Crippen LogP contribution in [0.2, 0.25) is 0 Å². The summed E-state index contributed by atoms with van der Waals surface area (Å²) in [5, 5.41) is 16.0. The number of carbonyl (C=O) groups excluding carboxylic acids is 3. The second-order valence-electron chi connectivity index (χ2n) is 7.43. The van der Waals surface area contributed by atoms with E-state index in [-0.39, 0.29) is 29.5 Å². The first-order chi connectivity index (χ1) is 17.2. The van der Waals surface area contributed by atoms with Gasteiger partial charge in [0.1, 0.15) is 24.6 Å². The van der Waals surface area contributed by atoms with E-state index in [4.69, 9.17) is 19.5 Å². The van der Waals surface area contributed by atoms with Gasteiger partial charge in [0, 0.05) is 5.69 Å². The summed E-state index contributed by atoms with van der Waals surface area (Å²) in [6.45, 7) is 2.28. The number of amides is 1. The van der Waals surface area contributed by atoms with Gasteiger partial charge in [-0.25, -0.2) is 23.2 Å². The highest BCUT2D eigenvalue weighted by Gasteiger charge is 2.15. The summed E-state index contributed by atoms with van der Waals surface area (Å²) in [6, 6.07) is 12.8. The van der Waals surface area contributed by atoms with Crippen LogP contribution in [0.3, 0.4) is 0 Å². The molecule has 4 aromatic rings. The van der Waals surface area contributed by atoms with Crippen molar-refractivity contribution < 1.29 is 27.5 Å². The molecule has 0 radical (unpaired) electrons. The Morgan fingerprint density at radius 3 is 2.58 bits per heavy atom. The summed E-state index contributed by atoms with van der Waals surface area (Å²) in [6.07, 6.45) is 3.96. The van der Waals surface area contributed by atoms with Gasteiger partial charge < -0.3 is 10.1 Å². The number of fused-ring (bicyclic) bond motifs is 1. The first kappa shape index (κ1) is 26.6. The van der Waals surface area contributed by atoms with E-state index in [0.717, 1.165) is 29.9 Å². The molecule has 3 N–H and O–H groups in total. The van der Waals surface area contributed by atoms with Gasteiger partial charge in [0.15, 0.2) is 0 Å². The van der Waals surface area contributed by atoms with E-state index in [0.29, 0.717) is 21.7 Å². The lowest BCUT2D eigenvalue weighted by molar-refractivity contribution is -0.191. The van der Waals surface area contributed by atoms with Crippen molar-refractivity contribution >= 4 is 49.3 Å². The van der Waals surface area contributed by atoms with Crippen LogP contribution in [-0.4, -0.2) is 40.5 Å². The van der Waals surface area contributed by atoms with Crippen LogP contribution >= 0.6 is 11.3 Å². The van der Waals surface area contributed by atoms with Crippen molar-refractivity contribution in [1.29, 1.82) is 0 Å². The zero-order chi connectivity index (χ0) is 26.1. The van der Waals surface area contributed by atoms with Gasteiger partial charge >= 0.3 is 6.15 Å². The van der Waals surface area contributed by atoms with E-state index in [2.05, 4.69) is 27.5 Å². The van der Waals surface area contributed by atoms with E-state index >= 15 is 0 Å². The molecule has 14 heteroatoms. The van der Waals surface area contributed by atoms with Gasteiger partial charge in [0.2, 0.25) is 10.2 Å². The summed E-state index contributed by atoms with van der Waals surface area (Å²) >= 11 is 0.974. The number of nitrogens with two attached hydrogens (primary N) is 1. The van der Waals surface area contributed by atoms with Gasteiger partial charge in [-0.1, -0.05) is 30.7 Å². The normalized spacial score (nSPS) is 10.8. The van der Waals surface area contributed by atoms with Crippen molar-refractivity contribution in [2.45, 2.75) is 37.3 Å². The SMILES string of the molecule is CCCc1ccc(NC(=O)Cn2cc(COc3ccc4nc(S(N)(=O)=O)sc4c3)nn2)cc1.O=C=O. The third-order valence-corrected chi connectivity index (χ3v) is 6.98. The van der Waals surface area contributed by atoms with E-state index in [1.54, 1.807) is 24.4 Å². The summed E-state index contributed by atoms with van der Waals surface area (Å²) in [5.41, 5.74) is 3.03. The predicted octanol–water partition coefficient (Wildman–Crippen LogP) is 2.12. The number of hydrogen-bond acceptors (Lipinski definition) is 10. The molecule has 36 heavy (non-hydrogen) atoms. The smallest absolute Gasteiger partial charge is 0.373 e. The number of sulfonamides is 1. The van der Waals surface area contributed by atoms with Crippen LogP contribution in [0, 0.1) is 0 Å². The van der Waals surface area contributed by atoms with Crippen molar-refractivity contribution in [3.63, 3.8) is 0 Å². The van der Waals surface area contributed by atoms with Gasteiger partial charge in [-0.05, 0) is 42.3 Å². The molecular weight excluding hydrogens is 508 g/mol. The topological polar surface area (TPSA) is 176 Å². The maximum Gasteiger partial charge on any atom is 0.373 e. The van der Waals surface area contributed by atoms with E-state index in [1.807, 2.05) is 24.3 Å². The average Bonchev–Trinajstić information content (AvgIpc) is 3.46. The minimum atomic E-state index is -3.85. The van der Waals surface area contributed by atoms with Crippen LogP contribution in [-0.2, 0) is 44.0 Å². The minimum Gasteiger partial charge on any atom is -0.487 e. The molecule has 4 rings (SSSR count). The fourth-order valence-corrected chi connectivity index (χ4v) is 4.81. The highest BCUT2D eigenvalue weighted by Crippen LogP contribution is 2.28. The second kappa shape index (κ2) is 12.1. The summed E-state index contributed by atoms with van der Waals surface area (Å²) in [4.78, 5) is 32.5. The average molecular weight is 531 g/mol. The zero-order valence-corrected chi connectivity index (χ0v) is 20.7. The Morgan fingerprint density at radius 2 is 1.92 bits per heavy atom. The molecule has 1 amide bonds.